The maximum Gasteiger partial charge on any atom is 0.348 e. The van der Waals surface area contributed by atoms with E-state index in [2.05, 4.69) is 29.2 Å². The van der Waals surface area contributed by atoms with Gasteiger partial charge in [-0.05, 0) is 61.4 Å². The number of carbonyl (C=O) groups excluding carboxylic acids is 1. The largest absolute Gasteiger partial charge is 0.424 e. The van der Waals surface area contributed by atoms with Crippen molar-refractivity contribution in [2.24, 2.45) is 11.8 Å². The van der Waals surface area contributed by atoms with Gasteiger partial charge in [-0.25, -0.2) is 4.79 Å². The molecular formula is C29H31NO3. The first-order chi connectivity index (χ1) is 15.9. The summed E-state index contributed by atoms with van der Waals surface area (Å²) in [4.78, 5) is 16.2. The quantitative estimate of drug-likeness (QED) is 0.432. The molecular weight excluding hydrogens is 410 g/mol. The van der Waals surface area contributed by atoms with Crippen molar-refractivity contribution in [2.45, 2.75) is 44.9 Å². The van der Waals surface area contributed by atoms with Crippen molar-refractivity contribution >= 4 is 5.97 Å². The molecule has 4 nitrogen and oxygen atoms in total. The average molecular weight is 442 g/mol. The molecule has 2 bridgehead atoms. The Morgan fingerprint density at radius 2 is 1.70 bits per heavy atom. The lowest BCUT2D eigenvalue weighted by Gasteiger charge is -2.36. The SMILES string of the molecule is Cc1cccc(OC(=O)C(O)(c2cccc(C)c2)C2C3CCC2N(Cc2ccccc2)C3)c1. The summed E-state index contributed by atoms with van der Waals surface area (Å²) in [6.07, 6.45) is 2.00. The van der Waals surface area contributed by atoms with Crippen LogP contribution in [-0.4, -0.2) is 28.6 Å². The van der Waals surface area contributed by atoms with Crippen molar-refractivity contribution in [3.63, 3.8) is 0 Å². The first-order valence-corrected chi connectivity index (χ1v) is 11.8. The number of aryl methyl sites for hydroxylation is 2. The van der Waals surface area contributed by atoms with Crippen LogP contribution in [-0.2, 0) is 16.9 Å². The monoisotopic (exact) mass is 441 g/mol. The normalized spacial score (nSPS) is 23.9. The Bertz CT molecular complexity index is 1140. The smallest absolute Gasteiger partial charge is 0.348 e. The van der Waals surface area contributed by atoms with Crippen LogP contribution in [0.5, 0.6) is 5.75 Å². The lowest BCUT2D eigenvalue weighted by molar-refractivity contribution is -0.165. The van der Waals surface area contributed by atoms with E-state index >= 15 is 0 Å². The number of aliphatic hydroxyl groups is 1. The maximum atomic E-state index is 13.7. The van der Waals surface area contributed by atoms with Crippen molar-refractivity contribution < 1.29 is 14.6 Å². The molecule has 4 atom stereocenters. The van der Waals surface area contributed by atoms with Gasteiger partial charge in [-0.1, -0.05) is 72.3 Å². The molecule has 0 spiro atoms. The number of nitrogens with zero attached hydrogens (tertiary/aromatic N) is 1. The van der Waals surface area contributed by atoms with Gasteiger partial charge in [0.15, 0.2) is 5.60 Å². The topological polar surface area (TPSA) is 49.8 Å². The number of hydrogen-bond acceptors (Lipinski definition) is 4. The van der Waals surface area contributed by atoms with Crippen LogP contribution in [0.3, 0.4) is 0 Å². The molecule has 3 aromatic carbocycles. The Kier molecular flexibility index (Phi) is 5.81. The van der Waals surface area contributed by atoms with E-state index in [0.29, 0.717) is 11.3 Å². The molecule has 4 heteroatoms. The van der Waals surface area contributed by atoms with E-state index in [4.69, 9.17) is 4.74 Å². The molecule has 3 aromatic rings. The van der Waals surface area contributed by atoms with Crippen LogP contribution in [0.2, 0.25) is 0 Å². The second-order valence-electron chi connectivity index (χ2n) is 9.69. The fraction of sp³-hybridized carbons (Fsp3) is 0.345. The summed E-state index contributed by atoms with van der Waals surface area (Å²) >= 11 is 0. The van der Waals surface area contributed by atoms with Crippen molar-refractivity contribution in [1.82, 2.24) is 4.90 Å². The number of ether oxygens (including phenoxy) is 1. The molecule has 0 radical (unpaired) electrons. The maximum absolute atomic E-state index is 13.7. The Morgan fingerprint density at radius 1 is 0.970 bits per heavy atom. The zero-order chi connectivity index (χ0) is 23.0. The molecule has 1 aliphatic heterocycles. The summed E-state index contributed by atoms with van der Waals surface area (Å²) < 4.78 is 5.84. The van der Waals surface area contributed by atoms with Gasteiger partial charge in [0.1, 0.15) is 5.75 Å². The predicted octanol–water partition coefficient (Wildman–Crippen LogP) is 5.01. The molecule has 0 amide bonds. The first kappa shape index (κ1) is 21.9. The average Bonchev–Trinajstić information content (AvgIpc) is 3.37. The van der Waals surface area contributed by atoms with Crippen LogP contribution in [0.4, 0.5) is 0 Å². The standard InChI is InChI=1S/C29H31NO3/c1-20-8-6-12-24(16-20)29(32,28(31)33-25-13-7-9-21(2)17-25)27-23-14-15-26(27)30(19-23)18-22-10-4-3-5-11-22/h3-13,16-17,23,26-27,32H,14-15,18-19H2,1-2H3. The molecule has 1 heterocycles. The van der Waals surface area contributed by atoms with Gasteiger partial charge in [-0.3, -0.25) is 4.90 Å². The fourth-order valence-corrected chi connectivity index (χ4v) is 5.92. The summed E-state index contributed by atoms with van der Waals surface area (Å²) in [5, 5.41) is 12.3. The third-order valence-corrected chi connectivity index (χ3v) is 7.37. The van der Waals surface area contributed by atoms with Crippen molar-refractivity contribution in [1.29, 1.82) is 0 Å². The third kappa shape index (κ3) is 4.09. The van der Waals surface area contributed by atoms with Gasteiger partial charge in [-0.2, -0.15) is 0 Å². The Hall–Kier alpha value is -2.95. The van der Waals surface area contributed by atoms with E-state index in [1.165, 1.54) is 5.56 Å². The second-order valence-corrected chi connectivity index (χ2v) is 9.69. The highest BCUT2D eigenvalue weighted by Crippen LogP contribution is 2.52. The van der Waals surface area contributed by atoms with Gasteiger partial charge in [0.25, 0.3) is 0 Å². The number of benzene rings is 3. The Labute approximate surface area is 195 Å². The Balaban J connectivity index is 1.50. The summed E-state index contributed by atoms with van der Waals surface area (Å²) in [5.74, 6) is -0.0747. The highest BCUT2D eigenvalue weighted by molar-refractivity contribution is 5.84. The highest BCUT2D eigenvalue weighted by Gasteiger charge is 2.60. The summed E-state index contributed by atoms with van der Waals surface area (Å²) in [7, 11) is 0. The molecule has 1 N–H and O–H groups in total. The molecule has 2 aliphatic rings. The van der Waals surface area contributed by atoms with Gasteiger partial charge in [0.05, 0.1) is 0 Å². The van der Waals surface area contributed by atoms with Gasteiger partial charge < -0.3 is 9.84 Å². The zero-order valence-electron chi connectivity index (χ0n) is 19.3. The van der Waals surface area contributed by atoms with E-state index in [9.17, 15) is 9.90 Å². The molecule has 1 saturated heterocycles. The third-order valence-electron chi connectivity index (χ3n) is 7.37. The van der Waals surface area contributed by atoms with Crippen LogP contribution >= 0.6 is 0 Å². The summed E-state index contributed by atoms with van der Waals surface area (Å²) in [5.41, 5.74) is 2.21. The van der Waals surface area contributed by atoms with Crippen molar-refractivity contribution in [3.05, 3.63) is 101 Å². The Morgan fingerprint density at radius 3 is 2.42 bits per heavy atom. The van der Waals surface area contributed by atoms with Crippen molar-refractivity contribution in [2.75, 3.05) is 6.54 Å². The second kappa shape index (κ2) is 8.77. The lowest BCUT2D eigenvalue weighted by atomic mass is 9.75. The number of hydrogen-bond donors (Lipinski definition) is 1. The minimum Gasteiger partial charge on any atom is -0.424 e. The molecule has 4 unspecified atom stereocenters. The number of likely N-dealkylation sites (tertiary alicyclic amines) is 1. The van der Waals surface area contributed by atoms with Crippen molar-refractivity contribution in [3.8, 4) is 5.75 Å². The summed E-state index contributed by atoms with van der Waals surface area (Å²) in [6, 6.07) is 25.7. The minimum absolute atomic E-state index is 0.130. The van der Waals surface area contributed by atoms with Gasteiger partial charge >= 0.3 is 5.97 Å². The first-order valence-electron chi connectivity index (χ1n) is 11.8. The summed E-state index contributed by atoms with van der Waals surface area (Å²) in [6.45, 7) is 5.66. The number of piperidine rings is 1. The zero-order valence-corrected chi connectivity index (χ0v) is 19.3. The highest BCUT2D eigenvalue weighted by atomic mass is 16.6. The molecule has 5 rings (SSSR count). The van der Waals surface area contributed by atoms with E-state index in [-0.39, 0.29) is 17.9 Å². The van der Waals surface area contributed by atoms with Crippen LogP contribution in [0.25, 0.3) is 0 Å². The predicted molar refractivity (Wildman–Crippen MR) is 129 cm³/mol. The van der Waals surface area contributed by atoms with Crippen LogP contribution < -0.4 is 4.74 Å². The molecule has 33 heavy (non-hydrogen) atoms. The number of rotatable bonds is 6. The van der Waals surface area contributed by atoms with Crippen LogP contribution in [0.15, 0.2) is 78.9 Å². The van der Waals surface area contributed by atoms with Gasteiger partial charge in [0.2, 0.25) is 0 Å². The molecule has 0 aromatic heterocycles. The van der Waals surface area contributed by atoms with E-state index in [0.717, 1.165) is 37.1 Å². The van der Waals surface area contributed by atoms with Gasteiger partial charge in [0, 0.05) is 25.0 Å². The number of fused-ring (bicyclic) bond motifs is 2. The molecule has 1 saturated carbocycles. The van der Waals surface area contributed by atoms with E-state index in [1.807, 2.05) is 62.4 Å². The molecule has 170 valence electrons. The number of carbonyl (C=O) groups is 1. The lowest BCUT2D eigenvalue weighted by Crippen LogP contribution is -2.50. The fourth-order valence-electron chi connectivity index (χ4n) is 5.92. The molecule has 1 aliphatic carbocycles. The minimum atomic E-state index is -1.70. The van der Waals surface area contributed by atoms with Crippen LogP contribution in [0, 0.1) is 25.7 Å². The molecule has 2 fully saturated rings. The van der Waals surface area contributed by atoms with E-state index in [1.54, 1.807) is 6.07 Å². The van der Waals surface area contributed by atoms with Gasteiger partial charge in [-0.15, -0.1) is 0 Å². The van der Waals surface area contributed by atoms with E-state index < -0.39 is 11.6 Å². The van der Waals surface area contributed by atoms with Crippen LogP contribution in [0.1, 0.15) is 35.1 Å². The number of esters is 1.